The van der Waals surface area contributed by atoms with Gasteiger partial charge in [0.15, 0.2) is 23.0 Å². The lowest BCUT2D eigenvalue weighted by Gasteiger charge is -2.38. The van der Waals surface area contributed by atoms with Crippen molar-refractivity contribution < 1.29 is 13.9 Å². The monoisotopic (exact) mass is 846 g/mol. The van der Waals surface area contributed by atoms with Crippen molar-refractivity contribution in [2.45, 2.75) is 5.41 Å². The molecule has 66 heavy (non-hydrogen) atoms. The molecule has 11 aromatic rings. The number of nitrogens with zero attached hydrogens (tertiary/aromatic N) is 2. The van der Waals surface area contributed by atoms with Gasteiger partial charge in [0, 0.05) is 16.8 Å². The van der Waals surface area contributed by atoms with Gasteiger partial charge in [-0.25, -0.2) is 0 Å². The zero-order chi connectivity index (χ0) is 43.3. The number of anilines is 6. The molecule has 0 fully saturated rings. The molecule has 0 saturated heterocycles. The lowest BCUT2D eigenvalue weighted by atomic mass is 9.67. The summed E-state index contributed by atoms with van der Waals surface area (Å²) in [6.45, 7) is 0. The van der Waals surface area contributed by atoms with Gasteiger partial charge in [-0.2, -0.15) is 0 Å². The fraction of sp³-hybridized carbons (Fsp3) is 0.0164. The predicted molar refractivity (Wildman–Crippen MR) is 266 cm³/mol. The summed E-state index contributed by atoms with van der Waals surface area (Å²) in [5.41, 5.74) is 16.6. The fourth-order valence-electron chi connectivity index (χ4n) is 10.9. The minimum absolute atomic E-state index is 0.554. The second kappa shape index (κ2) is 14.1. The number of rotatable bonds is 6. The van der Waals surface area contributed by atoms with Crippen LogP contribution in [0.25, 0.3) is 44.2 Å². The third-order valence-electron chi connectivity index (χ3n) is 13.7. The zero-order valence-electron chi connectivity index (χ0n) is 35.6. The standard InChI is InChI=1S/C61H38N2O3/c1-3-16-41(17-4-1)61(42-18-5-2-6-19-42)48-22-9-7-20-45(48)46-35-34-44(38-49(46)61)62(52-25-15-29-56-59(52)47-21-8-12-26-53(47)64-56)43-32-30-39(31-33-43)40-36-57-60-58(37-40)66-55-28-14-11-24-51(55)63(60)50-23-10-13-27-54(50)65-57/h1-38H. The Labute approximate surface area is 381 Å². The van der Waals surface area contributed by atoms with Crippen molar-refractivity contribution in [3.8, 4) is 45.3 Å². The van der Waals surface area contributed by atoms with E-state index < -0.39 is 5.41 Å². The first kappa shape index (κ1) is 36.7. The van der Waals surface area contributed by atoms with Crippen molar-refractivity contribution in [2.75, 3.05) is 9.80 Å². The smallest absolute Gasteiger partial charge is 0.156 e. The molecule has 0 N–H and O–H groups in total. The average Bonchev–Trinajstić information content (AvgIpc) is 3.91. The number of benzene rings is 10. The molecular formula is C61H38N2O3. The van der Waals surface area contributed by atoms with Crippen molar-refractivity contribution in [3.05, 3.63) is 253 Å². The van der Waals surface area contributed by atoms with E-state index in [1.165, 1.54) is 33.4 Å². The van der Waals surface area contributed by atoms with Crippen LogP contribution in [0.1, 0.15) is 22.3 Å². The Hall–Kier alpha value is -8.80. The van der Waals surface area contributed by atoms with Crippen molar-refractivity contribution in [1.82, 2.24) is 0 Å². The first-order valence-corrected chi connectivity index (χ1v) is 22.4. The van der Waals surface area contributed by atoms with Crippen LogP contribution in [-0.4, -0.2) is 0 Å². The van der Waals surface area contributed by atoms with E-state index in [4.69, 9.17) is 13.9 Å². The van der Waals surface area contributed by atoms with Gasteiger partial charge in [0.1, 0.15) is 16.9 Å². The van der Waals surface area contributed by atoms with Gasteiger partial charge in [-0.05, 0) is 123 Å². The number of ether oxygens (including phenoxy) is 2. The van der Waals surface area contributed by atoms with Gasteiger partial charge in [0.2, 0.25) is 0 Å². The van der Waals surface area contributed by atoms with Crippen LogP contribution in [0, 0.1) is 0 Å². The van der Waals surface area contributed by atoms with E-state index >= 15 is 0 Å². The maximum atomic E-state index is 6.65. The highest BCUT2D eigenvalue weighted by molar-refractivity contribution is 6.13. The van der Waals surface area contributed by atoms with Crippen LogP contribution in [0.4, 0.5) is 34.1 Å². The number of furan rings is 1. The van der Waals surface area contributed by atoms with Crippen molar-refractivity contribution in [1.29, 1.82) is 0 Å². The van der Waals surface area contributed by atoms with E-state index in [9.17, 15) is 0 Å². The predicted octanol–water partition coefficient (Wildman–Crippen LogP) is 16.8. The number of hydrogen-bond acceptors (Lipinski definition) is 5. The minimum Gasteiger partial charge on any atom is -0.456 e. The van der Waals surface area contributed by atoms with E-state index in [-0.39, 0.29) is 0 Å². The molecule has 5 nitrogen and oxygen atoms in total. The molecule has 2 aliphatic heterocycles. The topological polar surface area (TPSA) is 38.1 Å². The summed E-state index contributed by atoms with van der Waals surface area (Å²) in [5, 5.41) is 2.13. The number of fused-ring (bicyclic) bond motifs is 10. The average molecular weight is 847 g/mol. The van der Waals surface area contributed by atoms with Gasteiger partial charge in [0.25, 0.3) is 0 Å². The van der Waals surface area contributed by atoms with Crippen LogP contribution in [-0.2, 0) is 5.41 Å². The van der Waals surface area contributed by atoms with E-state index in [0.717, 1.165) is 90.2 Å². The Morgan fingerprint density at radius 1 is 0.394 bits per heavy atom. The summed E-state index contributed by atoms with van der Waals surface area (Å²) in [5.74, 6) is 3.11. The van der Waals surface area contributed by atoms with Crippen LogP contribution in [0.5, 0.6) is 23.0 Å². The van der Waals surface area contributed by atoms with Crippen LogP contribution >= 0.6 is 0 Å². The maximum absolute atomic E-state index is 6.65. The Balaban J connectivity index is 0.961. The highest BCUT2D eigenvalue weighted by Gasteiger charge is 2.46. The normalized spacial score (nSPS) is 13.5. The second-order valence-corrected chi connectivity index (χ2v) is 17.2. The Morgan fingerprint density at radius 2 is 0.970 bits per heavy atom. The highest BCUT2D eigenvalue weighted by atomic mass is 16.5. The Bertz CT molecular complexity index is 3620. The summed E-state index contributed by atoms with van der Waals surface area (Å²) in [4.78, 5) is 4.65. The van der Waals surface area contributed by atoms with E-state index in [1.807, 2.05) is 42.5 Å². The lowest BCUT2D eigenvalue weighted by Crippen LogP contribution is -2.28. The number of para-hydroxylation sites is 5. The first-order chi connectivity index (χ1) is 32.7. The first-order valence-electron chi connectivity index (χ1n) is 22.4. The molecule has 5 heteroatoms. The largest absolute Gasteiger partial charge is 0.456 e. The van der Waals surface area contributed by atoms with Gasteiger partial charge >= 0.3 is 0 Å². The van der Waals surface area contributed by atoms with Crippen molar-refractivity contribution in [3.63, 3.8) is 0 Å². The van der Waals surface area contributed by atoms with Gasteiger partial charge in [-0.1, -0.05) is 152 Å². The van der Waals surface area contributed by atoms with Gasteiger partial charge in [-0.3, -0.25) is 4.90 Å². The Morgan fingerprint density at radius 3 is 1.68 bits per heavy atom. The van der Waals surface area contributed by atoms with Gasteiger partial charge in [0.05, 0.1) is 27.9 Å². The van der Waals surface area contributed by atoms with Crippen LogP contribution < -0.4 is 19.3 Å². The summed E-state index contributed by atoms with van der Waals surface area (Å²) >= 11 is 0. The molecule has 310 valence electrons. The summed E-state index contributed by atoms with van der Waals surface area (Å²) in [6, 6.07) is 82.1. The zero-order valence-corrected chi connectivity index (χ0v) is 35.6. The molecule has 0 saturated carbocycles. The molecular weight excluding hydrogens is 809 g/mol. The fourth-order valence-corrected chi connectivity index (χ4v) is 10.9. The summed E-state index contributed by atoms with van der Waals surface area (Å²) in [7, 11) is 0. The van der Waals surface area contributed by atoms with E-state index in [0.29, 0.717) is 0 Å². The molecule has 0 radical (unpaired) electrons. The molecule has 0 amide bonds. The molecule has 1 aliphatic carbocycles. The third kappa shape index (κ3) is 5.22. The lowest BCUT2D eigenvalue weighted by molar-refractivity contribution is 0.446. The Kier molecular flexibility index (Phi) is 7.83. The van der Waals surface area contributed by atoms with E-state index in [1.54, 1.807) is 0 Å². The van der Waals surface area contributed by atoms with E-state index in [2.05, 4.69) is 198 Å². The SMILES string of the molecule is c1ccc(C2(c3ccccc3)c3ccccc3-c3ccc(N(c4ccc(-c5cc6c7c(c5)Oc5ccccc5N7c5ccccc5O6)cc4)c4cccc5oc6ccccc6c45)cc32)cc1. The van der Waals surface area contributed by atoms with Crippen LogP contribution in [0.3, 0.4) is 0 Å². The number of hydrogen-bond donors (Lipinski definition) is 0. The summed E-state index contributed by atoms with van der Waals surface area (Å²) in [6.07, 6.45) is 0. The summed E-state index contributed by atoms with van der Waals surface area (Å²) < 4.78 is 19.8. The van der Waals surface area contributed by atoms with Crippen LogP contribution in [0.2, 0.25) is 0 Å². The molecule has 0 bridgehead atoms. The molecule has 1 aromatic heterocycles. The molecule has 10 aromatic carbocycles. The van der Waals surface area contributed by atoms with Crippen molar-refractivity contribution in [2.24, 2.45) is 0 Å². The molecule has 3 heterocycles. The van der Waals surface area contributed by atoms with Gasteiger partial charge < -0.3 is 18.8 Å². The highest BCUT2D eigenvalue weighted by Crippen LogP contribution is 2.61. The van der Waals surface area contributed by atoms with Crippen molar-refractivity contribution >= 4 is 56.1 Å². The molecule has 0 spiro atoms. The maximum Gasteiger partial charge on any atom is 0.156 e. The second-order valence-electron chi connectivity index (χ2n) is 17.2. The molecule has 0 atom stereocenters. The van der Waals surface area contributed by atoms with Crippen LogP contribution in [0.15, 0.2) is 235 Å². The third-order valence-corrected chi connectivity index (χ3v) is 13.7. The minimum atomic E-state index is -0.554. The molecule has 3 aliphatic rings. The quantitative estimate of drug-likeness (QED) is 0.167. The van der Waals surface area contributed by atoms with Gasteiger partial charge in [-0.15, -0.1) is 0 Å². The molecule has 0 unspecified atom stereocenters. The molecule has 14 rings (SSSR count).